The molecule has 0 aromatic rings. The standard InChI is InChI=1S/C12H24N4O/c1-2-3-14-12(17)10-15-8-11(9-15)16-6-4-13-5-7-16/h11,13H,2-10H2,1H3,(H,14,17). The van der Waals surface area contributed by atoms with Crippen LogP contribution in [0.1, 0.15) is 13.3 Å². The second kappa shape index (κ2) is 6.33. The first-order chi connectivity index (χ1) is 8.29. The SMILES string of the molecule is CCCNC(=O)CN1CC(N2CCNCC2)C1. The Labute approximate surface area is 104 Å². The van der Waals surface area contributed by atoms with Crippen molar-refractivity contribution in [2.45, 2.75) is 19.4 Å². The monoisotopic (exact) mass is 240 g/mol. The Balaban J connectivity index is 1.60. The lowest BCUT2D eigenvalue weighted by atomic mass is 10.1. The molecule has 17 heavy (non-hydrogen) atoms. The molecule has 0 bridgehead atoms. The maximum Gasteiger partial charge on any atom is 0.234 e. The van der Waals surface area contributed by atoms with Crippen LogP contribution in [0.5, 0.6) is 0 Å². The van der Waals surface area contributed by atoms with Gasteiger partial charge in [0.1, 0.15) is 0 Å². The van der Waals surface area contributed by atoms with Gasteiger partial charge in [0.25, 0.3) is 0 Å². The summed E-state index contributed by atoms with van der Waals surface area (Å²) in [6.45, 7) is 10.1. The summed E-state index contributed by atoms with van der Waals surface area (Å²) in [5.41, 5.74) is 0. The van der Waals surface area contributed by atoms with E-state index in [4.69, 9.17) is 0 Å². The molecule has 5 heteroatoms. The molecule has 0 radical (unpaired) electrons. The molecule has 2 rings (SSSR count). The van der Waals surface area contributed by atoms with Gasteiger partial charge >= 0.3 is 0 Å². The summed E-state index contributed by atoms with van der Waals surface area (Å²) in [7, 11) is 0. The minimum Gasteiger partial charge on any atom is -0.355 e. The summed E-state index contributed by atoms with van der Waals surface area (Å²) in [5, 5.41) is 6.29. The summed E-state index contributed by atoms with van der Waals surface area (Å²) in [4.78, 5) is 16.3. The van der Waals surface area contributed by atoms with E-state index in [1.807, 2.05) is 0 Å². The minimum atomic E-state index is 0.172. The average Bonchev–Trinajstić information content (AvgIpc) is 2.31. The molecule has 0 spiro atoms. The number of carbonyl (C=O) groups excluding carboxylic acids is 1. The van der Waals surface area contributed by atoms with Gasteiger partial charge in [-0.25, -0.2) is 0 Å². The molecule has 2 saturated heterocycles. The molecule has 2 heterocycles. The lowest BCUT2D eigenvalue weighted by Crippen LogP contribution is -2.63. The molecular formula is C12H24N4O. The van der Waals surface area contributed by atoms with E-state index in [0.29, 0.717) is 12.6 Å². The van der Waals surface area contributed by atoms with E-state index in [9.17, 15) is 4.79 Å². The van der Waals surface area contributed by atoms with Crippen molar-refractivity contribution in [3.05, 3.63) is 0 Å². The maximum absolute atomic E-state index is 11.5. The van der Waals surface area contributed by atoms with Crippen LogP contribution in [0.25, 0.3) is 0 Å². The number of likely N-dealkylation sites (tertiary alicyclic amines) is 1. The van der Waals surface area contributed by atoms with Crippen molar-refractivity contribution in [3.8, 4) is 0 Å². The van der Waals surface area contributed by atoms with Crippen LogP contribution in [0.4, 0.5) is 0 Å². The number of amides is 1. The first-order valence-corrected chi connectivity index (χ1v) is 6.73. The van der Waals surface area contributed by atoms with Crippen LogP contribution >= 0.6 is 0 Å². The summed E-state index contributed by atoms with van der Waals surface area (Å²) in [6.07, 6.45) is 1.01. The fourth-order valence-electron chi connectivity index (χ4n) is 2.47. The van der Waals surface area contributed by atoms with Gasteiger partial charge in [0.15, 0.2) is 0 Å². The van der Waals surface area contributed by atoms with E-state index < -0.39 is 0 Å². The molecule has 98 valence electrons. The highest BCUT2D eigenvalue weighted by atomic mass is 16.2. The number of carbonyl (C=O) groups is 1. The predicted molar refractivity (Wildman–Crippen MR) is 68.0 cm³/mol. The molecule has 5 nitrogen and oxygen atoms in total. The Morgan fingerprint density at radius 2 is 2.06 bits per heavy atom. The van der Waals surface area contributed by atoms with Crippen molar-refractivity contribution in [1.29, 1.82) is 0 Å². The normalized spacial score (nSPS) is 23.4. The van der Waals surface area contributed by atoms with Crippen LogP contribution in [0, 0.1) is 0 Å². The van der Waals surface area contributed by atoms with E-state index in [2.05, 4.69) is 27.4 Å². The average molecular weight is 240 g/mol. The van der Waals surface area contributed by atoms with Crippen molar-refractivity contribution in [1.82, 2.24) is 20.4 Å². The largest absolute Gasteiger partial charge is 0.355 e. The second-order valence-electron chi connectivity index (χ2n) is 4.98. The van der Waals surface area contributed by atoms with Crippen LogP contribution in [0.15, 0.2) is 0 Å². The van der Waals surface area contributed by atoms with Crippen molar-refractivity contribution in [2.75, 3.05) is 52.4 Å². The number of rotatable bonds is 5. The number of nitrogens with one attached hydrogen (secondary N) is 2. The number of piperazine rings is 1. The molecule has 0 aliphatic carbocycles. The van der Waals surface area contributed by atoms with Gasteiger partial charge in [0.05, 0.1) is 6.54 Å². The topological polar surface area (TPSA) is 47.6 Å². The molecule has 2 aliphatic rings. The first-order valence-electron chi connectivity index (χ1n) is 6.73. The zero-order chi connectivity index (χ0) is 12.1. The highest BCUT2D eigenvalue weighted by Gasteiger charge is 2.32. The quantitative estimate of drug-likeness (QED) is 0.654. The predicted octanol–water partition coefficient (Wildman–Crippen LogP) is -0.898. The van der Waals surface area contributed by atoms with E-state index in [1.54, 1.807) is 0 Å². The van der Waals surface area contributed by atoms with Crippen LogP contribution in [0.2, 0.25) is 0 Å². The van der Waals surface area contributed by atoms with Crippen LogP contribution in [0.3, 0.4) is 0 Å². The van der Waals surface area contributed by atoms with Crippen molar-refractivity contribution in [3.63, 3.8) is 0 Å². The Bertz CT molecular complexity index is 247. The molecule has 2 aliphatic heterocycles. The van der Waals surface area contributed by atoms with Gasteiger partial charge in [0, 0.05) is 51.9 Å². The fraction of sp³-hybridized carbons (Fsp3) is 0.917. The van der Waals surface area contributed by atoms with Crippen LogP contribution in [-0.4, -0.2) is 74.1 Å². The van der Waals surface area contributed by atoms with Gasteiger partial charge < -0.3 is 10.6 Å². The van der Waals surface area contributed by atoms with Gasteiger partial charge in [0.2, 0.25) is 5.91 Å². The molecule has 0 aromatic carbocycles. The van der Waals surface area contributed by atoms with Gasteiger partial charge in [-0.05, 0) is 6.42 Å². The first kappa shape index (κ1) is 12.8. The molecular weight excluding hydrogens is 216 g/mol. The highest BCUT2D eigenvalue weighted by molar-refractivity contribution is 5.78. The third kappa shape index (κ3) is 3.66. The molecule has 2 fully saturated rings. The maximum atomic E-state index is 11.5. The number of hydrogen-bond donors (Lipinski definition) is 2. The molecule has 0 aromatic heterocycles. The lowest BCUT2D eigenvalue weighted by Gasteiger charge is -2.46. The number of hydrogen-bond acceptors (Lipinski definition) is 4. The third-order valence-corrected chi connectivity index (χ3v) is 3.55. The Morgan fingerprint density at radius 3 is 2.71 bits per heavy atom. The van der Waals surface area contributed by atoms with Crippen molar-refractivity contribution in [2.24, 2.45) is 0 Å². The zero-order valence-electron chi connectivity index (χ0n) is 10.7. The fourth-order valence-corrected chi connectivity index (χ4v) is 2.47. The second-order valence-corrected chi connectivity index (χ2v) is 4.98. The molecule has 0 unspecified atom stereocenters. The summed E-state index contributed by atoms with van der Waals surface area (Å²) < 4.78 is 0. The Morgan fingerprint density at radius 1 is 1.35 bits per heavy atom. The van der Waals surface area contributed by atoms with Crippen molar-refractivity contribution >= 4 is 5.91 Å². The van der Waals surface area contributed by atoms with E-state index >= 15 is 0 Å². The third-order valence-electron chi connectivity index (χ3n) is 3.55. The van der Waals surface area contributed by atoms with Crippen LogP contribution in [-0.2, 0) is 4.79 Å². The van der Waals surface area contributed by atoms with Gasteiger partial charge in [-0.1, -0.05) is 6.92 Å². The summed E-state index contributed by atoms with van der Waals surface area (Å²) in [6, 6.07) is 0.677. The molecule has 2 N–H and O–H groups in total. The summed E-state index contributed by atoms with van der Waals surface area (Å²) >= 11 is 0. The van der Waals surface area contributed by atoms with Crippen molar-refractivity contribution < 1.29 is 4.79 Å². The zero-order valence-corrected chi connectivity index (χ0v) is 10.7. The van der Waals surface area contributed by atoms with E-state index in [-0.39, 0.29) is 5.91 Å². The molecule has 0 atom stereocenters. The molecule has 0 saturated carbocycles. The Hall–Kier alpha value is -0.650. The highest BCUT2D eigenvalue weighted by Crippen LogP contribution is 2.14. The lowest BCUT2D eigenvalue weighted by molar-refractivity contribution is -0.124. The smallest absolute Gasteiger partial charge is 0.234 e. The Kier molecular flexibility index (Phi) is 4.76. The number of nitrogens with zero attached hydrogens (tertiary/aromatic N) is 2. The van der Waals surface area contributed by atoms with E-state index in [0.717, 1.165) is 52.2 Å². The minimum absolute atomic E-state index is 0.172. The van der Waals surface area contributed by atoms with Crippen LogP contribution < -0.4 is 10.6 Å². The summed E-state index contributed by atoms with van der Waals surface area (Å²) in [5.74, 6) is 0.172. The van der Waals surface area contributed by atoms with Gasteiger partial charge in [-0.3, -0.25) is 14.6 Å². The van der Waals surface area contributed by atoms with Gasteiger partial charge in [-0.2, -0.15) is 0 Å². The van der Waals surface area contributed by atoms with Gasteiger partial charge in [-0.15, -0.1) is 0 Å². The molecule has 1 amide bonds. The van der Waals surface area contributed by atoms with E-state index in [1.165, 1.54) is 0 Å².